The van der Waals surface area contributed by atoms with Gasteiger partial charge >= 0.3 is 0 Å². The molecule has 0 aliphatic rings. The van der Waals surface area contributed by atoms with Gasteiger partial charge < -0.3 is 9.88 Å². The van der Waals surface area contributed by atoms with Gasteiger partial charge in [0.05, 0.1) is 6.04 Å². The molecule has 0 saturated carbocycles. The Morgan fingerprint density at radius 1 is 1.10 bits per heavy atom. The highest BCUT2D eigenvalue weighted by atomic mass is 19.1. The molecule has 0 fully saturated rings. The summed E-state index contributed by atoms with van der Waals surface area (Å²) in [5.74, 6) is -0.188. The minimum Gasteiger partial charge on any atom is -0.340 e. The molecule has 1 heterocycles. The first kappa shape index (κ1) is 13.8. The first-order valence-corrected chi connectivity index (χ1v) is 7.25. The van der Waals surface area contributed by atoms with Gasteiger partial charge in [0.25, 0.3) is 0 Å². The van der Waals surface area contributed by atoms with Crippen molar-refractivity contribution in [1.82, 2.24) is 9.88 Å². The van der Waals surface area contributed by atoms with Crippen LogP contribution in [0, 0.1) is 5.82 Å². The predicted molar refractivity (Wildman–Crippen MR) is 85.0 cm³/mol. The van der Waals surface area contributed by atoms with E-state index in [1.54, 1.807) is 6.07 Å². The van der Waals surface area contributed by atoms with Gasteiger partial charge in [0.15, 0.2) is 0 Å². The van der Waals surface area contributed by atoms with E-state index in [2.05, 4.69) is 40.3 Å². The lowest BCUT2D eigenvalue weighted by Gasteiger charge is -2.21. The smallest absolute Gasteiger partial charge is 0.123 e. The summed E-state index contributed by atoms with van der Waals surface area (Å²) < 4.78 is 15.6. The number of nitrogens with zero attached hydrogens (tertiary/aromatic N) is 1. The lowest BCUT2D eigenvalue weighted by molar-refractivity contribution is 0.539. The van der Waals surface area contributed by atoms with Crippen LogP contribution in [0.4, 0.5) is 4.39 Å². The fraction of sp³-hybridized carbons (Fsp3) is 0.222. The number of halogens is 1. The Bertz CT molecular complexity index is 718. The summed E-state index contributed by atoms with van der Waals surface area (Å²) in [5.41, 5.74) is 2.34. The first-order chi connectivity index (χ1) is 10.3. The molecule has 1 N–H and O–H groups in total. The van der Waals surface area contributed by atoms with E-state index in [1.165, 1.54) is 11.6 Å². The second kappa shape index (κ2) is 6.10. The van der Waals surface area contributed by atoms with Gasteiger partial charge in [-0.2, -0.15) is 0 Å². The van der Waals surface area contributed by atoms with Crippen LogP contribution in [0.1, 0.15) is 18.0 Å². The third-order valence-corrected chi connectivity index (χ3v) is 3.87. The Balaban J connectivity index is 2.06. The number of fused-ring (bicyclic) bond motifs is 1. The minimum absolute atomic E-state index is 0.188. The predicted octanol–water partition coefficient (Wildman–Crippen LogP) is 3.98. The number of aromatic nitrogens is 1. The number of hydrogen-bond donors (Lipinski definition) is 1. The molecule has 0 amide bonds. The molecule has 0 saturated heterocycles. The van der Waals surface area contributed by atoms with Crippen LogP contribution < -0.4 is 5.32 Å². The Morgan fingerprint density at radius 3 is 2.67 bits per heavy atom. The zero-order valence-corrected chi connectivity index (χ0v) is 12.1. The van der Waals surface area contributed by atoms with E-state index in [4.69, 9.17) is 0 Å². The minimum atomic E-state index is -0.188. The van der Waals surface area contributed by atoms with Crippen molar-refractivity contribution in [3.8, 4) is 0 Å². The molecule has 1 aromatic heterocycles. The summed E-state index contributed by atoms with van der Waals surface area (Å²) >= 11 is 0. The maximum absolute atomic E-state index is 13.4. The molecular formula is C18H19FN2. The monoisotopic (exact) mass is 282 g/mol. The van der Waals surface area contributed by atoms with Crippen LogP contribution >= 0.6 is 0 Å². The first-order valence-electron chi connectivity index (χ1n) is 7.25. The summed E-state index contributed by atoms with van der Waals surface area (Å²) in [4.78, 5) is 0. The summed E-state index contributed by atoms with van der Waals surface area (Å²) in [6.07, 6.45) is 3.04. The fourth-order valence-corrected chi connectivity index (χ4v) is 2.83. The number of nitrogens with one attached hydrogen (secondary N) is 1. The van der Waals surface area contributed by atoms with Gasteiger partial charge in [-0.3, -0.25) is 0 Å². The summed E-state index contributed by atoms with van der Waals surface area (Å²) in [7, 11) is 1.96. The largest absolute Gasteiger partial charge is 0.340 e. The van der Waals surface area contributed by atoms with E-state index < -0.39 is 0 Å². The number of benzene rings is 2. The van der Waals surface area contributed by atoms with E-state index in [-0.39, 0.29) is 11.9 Å². The molecular weight excluding hydrogens is 263 g/mol. The van der Waals surface area contributed by atoms with Gasteiger partial charge in [0.1, 0.15) is 5.82 Å². The highest BCUT2D eigenvalue weighted by molar-refractivity contribution is 5.80. The van der Waals surface area contributed by atoms with E-state index in [0.717, 1.165) is 23.9 Å². The Hall–Kier alpha value is -2.13. The normalized spacial score (nSPS) is 12.7. The number of rotatable bonds is 5. The highest BCUT2D eigenvalue weighted by Gasteiger charge is 2.15. The lowest BCUT2D eigenvalue weighted by Crippen LogP contribution is -2.17. The Morgan fingerprint density at radius 2 is 1.90 bits per heavy atom. The standard InChI is InChI=1S/C18H19FN2/c1-20-11-9-18(14-5-3-2-4-6-14)21-12-10-15-13-16(19)7-8-17(15)21/h2-8,10,12-13,18,20H,9,11H2,1H3. The summed E-state index contributed by atoms with van der Waals surface area (Å²) in [6.45, 7) is 0.931. The molecule has 0 radical (unpaired) electrons. The van der Waals surface area contributed by atoms with Crippen LogP contribution in [-0.4, -0.2) is 18.2 Å². The van der Waals surface area contributed by atoms with Gasteiger partial charge in [-0.25, -0.2) is 4.39 Å². The van der Waals surface area contributed by atoms with Crippen molar-refractivity contribution in [3.05, 3.63) is 72.2 Å². The zero-order chi connectivity index (χ0) is 14.7. The van der Waals surface area contributed by atoms with Crippen LogP contribution in [0.2, 0.25) is 0 Å². The van der Waals surface area contributed by atoms with Crippen molar-refractivity contribution < 1.29 is 4.39 Å². The highest BCUT2D eigenvalue weighted by Crippen LogP contribution is 2.27. The maximum Gasteiger partial charge on any atom is 0.123 e. The number of hydrogen-bond acceptors (Lipinski definition) is 1. The van der Waals surface area contributed by atoms with Crippen LogP contribution in [0.15, 0.2) is 60.8 Å². The van der Waals surface area contributed by atoms with E-state index in [9.17, 15) is 4.39 Å². The van der Waals surface area contributed by atoms with Crippen LogP contribution in [-0.2, 0) is 0 Å². The van der Waals surface area contributed by atoms with Crippen LogP contribution in [0.5, 0.6) is 0 Å². The van der Waals surface area contributed by atoms with Crippen LogP contribution in [0.25, 0.3) is 10.9 Å². The molecule has 0 aliphatic heterocycles. The lowest BCUT2D eigenvalue weighted by atomic mass is 10.0. The van der Waals surface area contributed by atoms with Crippen molar-refractivity contribution >= 4 is 10.9 Å². The maximum atomic E-state index is 13.4. The third kappa shape index (κ3) is 2.83. The SMILES string of the molecule is CNCCC(c1ccccc1)n1ccc2cc(F)ccc21. The molecule has 0 bridgehead atoms. The van der Waals surface area contributed by atoms with Crippen molar-refractivity contribution in [3.63, 3.8) is 0 Å². The average molecular weight is 282 g/mol. The van der Waals surface area contributed by atoms with Crippen molar-refractivity contribution in [1.29, 1.82) is 0 Å². The van der Waals surface area contributed by atoms with E-state index >= 15 is 0 Å². The van der Waals surface area contributed by atoms with Gasteiger partial charge in [-0.15, -0.1) is 0 Å². The second-order valence-corrected chi connectivity index (χ2v) is 5.24. The molecule has 1 unspecified atom stereocenters. The Labute approximate surface area is 124 Å². The quantitative estimate of drug-likeness (QED) is 0.749. The molecule has 2 nitrogen and oxygen atoms in total. The molecule has 108 valence electrons. The zero-order valence-electron chi connectivity index (χ0n) is 12.1. The fourth-order valence-electron chi connectivity index (χ4n) is 2.83. The molecule has 0 spiro atoms. The molecule has 2 aromatic carbocycles. The topological polar surface area (TPSA) is 17.0 Å². The molecule has 1 atom stereocenters. The van der Waals surface area contributed by atoms with Crippen LogP contribution in [0.3, 0.4) is 0 Å². The van der Waals surface area contributed by atoms with Gasteiger partial charge in [0, 0.05) is 17.1 Å². The molecule has 3 rings (SSSR count). The van der Waals surface area contributed by atoms with Crippen molar-refractivity contribution in [2.45, 2.75) is 12.5 Å². The third-order valence-electron chi connectivity index (χ3n) is 3.87. The molecule has 3 aromatic rings. The average Bonchev–Trinajstić information content (AvgIpc) is 2.92. The van der Waals surface area contributed by atoms with Gasteiger partial charge in [0.2, 0.25) is 0 Å². The van der Waals surface area contributed by atoms with Gasteiger partial charge in [-0.05, 0) is 49.8 Å². The summed E-state index contributed by atoms with van der Waals surface area (Å²) in [5, 5.41) is 4.16. The molecule has 0 aliphatic carbocycles. The molecule has 3 heteroatoms. The molecule has 21 heavy (non-hydrogen) atoms. The van der Waals surface area contributed by atoms with Crippen molar-refractivity contribution in [2.24, 2.45) is 0 Å². The van der Waals surface area contributed by atoms with E-state index in [1.807, 2.05) is 25.2 Å². The van der Waals surface area contributed by atoms with E-state index in [0.29, 0.717) is 0 Å². The Kier molecular flexibility index (Phi) is 4.02. The van der Waals surface area contributed by atoms with Crippen molar-refractivity contribution in [2.75, 3.05) is 13.6 Å². The summed E-state index contributed by atoms with van der Waals surface area (Å²) in [6, 6.07) is 17.7. The second-order valence-electron chi connectivity index (χ2n) is 5.24. The van der Waals surface area contributed by atoms with Gasteiger partial charge in [-0.1, -0.05) is 30.3 Å².